The van der Waals surface area contributed by atoms with Gasteiger partial charge >= 0.3 is 11.7 Å². The number of methoxy groups -OCH3 is 1. The molecule has 7 nitrogen and oxygen atoms in total. The van der Waals surface area contributed by atoms with E-state index < -0.39 is 23.8 Å². The van der Waals surface area contributed by atoms with Gasteiger partial charge in [0.05, 0.1) is 17.6 Å². The van der Waals surface area contributed by atoms with Crippen molar-refractivity contribution in [3.8, 4) is 0 Å². The van der Waals surface area contributed by atoms with E-state index in [0.717, 1.165) is 9.13 Å². The molecule has 0 aliphatic carbocycles. The molecule has 0 saturated heterocycles. The number of hydrogen-bond donors (Lipinski definition) is 1. The zero-order valence-corrected chi connectivity index (χ0v) is 10.6. The maximum atomic E-state index is 11.8. The fourth-order valence-corrected chi connectivity index (χ4v) is 1.72. The van der Waals surface area contributed by atoms with Crippen LogP contribution in [0, 0.1) is 0 Å². The van der Waals surface area contributed by atoms with Gasteiger partial charge in [0.15, 0.2) is 0 Å². The number of carboxylic acids is 1. The first kappa shape index (κ1) is 13.7. The Balaban J connectivity index is 3.27. The lowest BCUT2D eigenvalue weighted by Crippen LogP contribution is -2.41. The molecule has 1 rings (SSSR count). The third-order valence-electron chi connectivity index (χ3n) is 2.02. The average molecular weight is 307 g/mol. The van der Waals surface area contributed by atoms with Gasteiger partial charge < -0.3 is 9.84 Å². The van der Waals surface area contributed by atoms with Crippen molar-refractivity contribution in [2.75, 3.05) is 13.7 Å². The average Bonchev–Trinajstić information content (AvgIpc) is 2.25. The Hall–Kier alpha value is -1.41. The molecule has 0 radical (unpaired) electrons. The van der Waals surface area contributed by atoms with Crippen LogP contribution in [0.4, 0.5) is 0 Å². The van der Waals surface area contributed by atoms with Crippen LogP contribution >= 0.6 is 15.9 Å². The Bertz CT molecular complexity index is 533. The Kier molecular flexibility index (Phi) is 4.64. The van der Waals surface area contributed by atoms with Gasteiger partial charge in [-0.05, 0) is 15.9 Å². The Morgan fingerprint density at radius 3 is 2.71 bits per heavy atom. The number of nitrogens with zero attached hydrogens (tertiary/aromatic N) is 2. The van der Waals surface area contributed by atoms with Crippen LogP contribution in [0.25, 0.3) is 0 Å². The molecule has 0 amide bonds. The molecule has 1 aromatic heterocycles. The van der Waals surface area contributed by atoms with Gasteiger partial charge in [0.25, 0.3) is 5.56 Å². The third kappa shape index (κ3) is 3.27. The Morgan fingerprint density at radius 1 is 1.53 bits per heavy atom. The molecule has 0 atom stereocenters. The number of hydrogen-bond acceptors (Lipinski definition) is 4. The summed E-state index contributed by atoms with van der Waals surface area (Å²) < 4.78 is 6.79. The van der Waals surface area contributed by atoms with Gasteiger partial charge in [0.1, 0.15) is 6.54 Å². The number of rotatable bonds is 5. The van der Waals surface area contributed by atoms with Crippen LogP contribution in [0.15, 0.2) is 20.3 Å². The molecule has 0 aliphatic rings. The van der Waals surface area contributed by atoms with E-state index in [2.05, 4.69) is 15.9 Å². The highest BCUT2D eigenvalue weighted by atomic mass is 79.9. The summed E-state index contributed by atoms with van der Waals surface area (Å²) in [4.78, 5) is 34.0. The smallest absolute Gasteiger partial charge is 0.331 e. The summed E-state index contributed by atoms with van der Waals surface area (Å²) in [5.74, 6) is -1.16. The van der Waals surface area contributed by atoms with Crippen molar-refractivity contribution in [3.05, 3.63) is 31.5 Å². The largest absolute Gasteiger partial charge is 0.480 e. The Morgan fingerprint density at radius 2 is 2.18 bits per heavy atom. The van der Waals surface area contributed by atoms with E-state index in [1.165, 1.54) is 13.3 Å². The first-order chi connectivity index (χ1) is 7.97. The summed E-state index contributed by atoms with van der Waals surface area (Å²) in [6, 6.07) is 0. The molecule has 0 unspecified atom stereocenters. The lowest BCUT2D eigenvalue weighted by Gasteiger charge is -2.08. The summed E-state index contributed by atoms with van der Waals surface area (Å²) in [7, 11) is 1.44. The lowest BCUT2D eigenvalue weighted by molar-refractivity contribution is -0.137. The van der Waals surface area contributed by atoms with Gasteiger partial charge in [-0.15, -0.1) is 0 Å². The highest BCUT2D eigenvalue weighted by Crippen LogP contribution is 1.99. The highest BCUT2D eigenvalue weighted by Gasteiger charge is 2.11. The minimum atomic E-state index is -1.16. The van der Waals surface area contributed by atoms with E-state index in [0.29, 0.717) is 0 Å². The number of halogens is 1. The van der Waals surface area contributed by atoms with Crippen LogP contribution in [-0.4, -0.2) is 33.9 Å². The Labute approximate surface area is 104 Å². The molecule has 0 saturated carbocycles. The minimum Gasteiger partial charge on any atom is -0.480 e. The van der Waals surface area contributed by atoms with Crippen molar-refractivity contribution in [2.45, 2.75) is 13.1 Å². The molecule has 8 heteroatoms. The van der Waals surface area contributed by atoms with Crippen LogP contribution in [0.2, 0.25) is 0 Å². The number of carboxylic acid groups (broad SMARTS) is 1. The van der Waals surface area contributed by atoms with Crippen molar-refractivity contribution in [1.82, 2.24) is 9.13 Å². The van der Waals surface area contributed by atoms with E-state index in [1.807, 2.05) is 0 Å². The van der Waals surface area contributed by atoms with Crippen LogP contribution in [0.3, 0.4) is 0 Å². The predicted octanol–water partition coefficient (Wildman–Crippen LogP) is -0.497. The summed E-state index contributed by atoms with van der Waals surface area (Å²) in [5, 5.41) is 8.63. The molecule has 1 heterocycles. The van der Waals surface area contributed by atoms with Gasteiger partial charge in [0.2, 0.25) is 0 Å². The standard InChI is InChI=1S/C9H11BrN2O5/c1-17-3-2-12-8(15)6(10)4-11(9(12)16)5-7(13)14/h4H,2-3,5H2,1H3,(H,13,14). The maximum Gasteiger partial charge on any atom is 0.331 e. The lowest BCUT2D eigenvalue weighted by atomic mass is 10.5. The summed E-state index contributed by atoms with van der Waals surface area (Å²) in [6.07, 6.45) is 1.17. The second-order valence-corrected chi connectivity index (χ2v) is 4.09. The molecule has 0 fully saturated rings. The van der Waals surface area contributed by atoms with Crippen molar-refractivity contribution < 1.29 is 14.6 Å². The second-order valence-electron chi connectivity index (χ2n) is 3.23. The van der Waals surface area contributed by atoms with Gasteiger partial charge in [-0.1, -0.05) is 0 Å². The van der Waals surface area contributed by atoms with E-state index in [9.17, 15) is 14.4 Å². The molecular formula is C9H11BrN2O5. The fraction of sp³-hybridized carbons (Fsp3) is 0.444. The topological polar surface area (TPSA) is 90.5 Å². The van der Waals surface area contributed by atoms with Crippen molar-refractivity contribution in [3.63, 3.8) is 0 Å². The predicted molar refractivity (Wildman–Crippen MR) is 62.2 cm³/mol. The number of aliphatic carboxylic acids is 1. The van der Waals surface area contributed by atoms with Crippen molar-refractivity contribution in [2.24, 2.45) is 0 Å². The van der Waals surface area contributed by atoms with Gasteiger partial charge in [-0.3, -0.25) is 18.7 Å². The molecule has 1 aromatic rings. The summed E-state index contributed by atoms with van der Waals surface area (Å²) in [5.41, 5.74) is -1.17. The molecule has 0 aliphatic heterocycles. The molecule has 94 valence electrons. The minimum absolute atomic E-state index is 0.0766. The normalized spacial score (nSPS) is 10.5. The molecular weight excluding hydrogens is 296 g/mol. The van der Waals surface area contributed by atoms with Gasteiger partial charge in [-0.25, -0.2) is 4.79 Å². The van der Waals surface area contributed by atoms with Crippen LogP contribution in [0.1, 0.15) is 0 Å². The van der Waals surface area contributed by atoms with E-state index in [1.54, 1.807) is 0 Å². The van der Waals surface area contributed by atoms with Crippen LogP contribution in [-0.2, 0) is 22.6 Å². The number of carbonyl (C=O) groups is 1. The van der Waals surface area contributed by atoms with E-state index >= 15 is 0 Å². The molecule has 17 heavy (non-hydrogen) atoms. The zero-order valence-electron chi connectivity index (χ0n) is 9.05. The van der Waals surface area contributed by atoms with E-state index in [-0.39, 0.29) is 17.6 Å². The van der Waals surface area contributed by atoms with Gasteiger partial charge in [-0.2, -0.15) is 0 Å². The molecule has 1 N–H and O–H groups in total. The first-order valence-electron chi connectivity index (χ1n) is 4.68. The second kappa shape index (κ2) is 5.78. The van der Waals surface area contributed by atoms with Gasteiger partial charge in [0, 0.05) is 13.3 Å². The van der Waals surface area contributed by atoms with Crippen molar-refractivity contribution in [1.29, 1.82) is 0 Å². The van der Waals surface area contributed by atoms with Crippen molar-refractivity contribution >= 4 is 21.9 Å². The molecule has 0 bridgehead atoms. The number of aromatic nitrogens is 2. The SMILES string of the molecule is COCCn1c(=O)c(Br)cn(CC(=O)O)c1=O. The monoisotopic (exact) mass is 306 g/mol. The summed E-state index contributed by atoms with van der Waals surface area (Å²) in [6.45, 7) is -0.226. The highest BCUT2D eigenvalue weighted by molar-refractivity contribution is 9.10. The quantitative estimate of drug-likeness (QED) is 0.792. The molecule has 0 aromatic carbocycles. The first-order valence-corrected chi connectivity index (χ1v) is 5.47. The third-order valence-corrected chi connectivity index (χ3v) is 2.56. The number of ether oxygens (including phenoxy) is 1. The molecule has 0 spiro atoms. The van der Waals surface area contributed by atoms with Crippen LogP contribution < -0.4 is 11.2 Å². The maximum absolute atomic E-state index is 11.8. The van der Waals surface area contributed by atoms with Crippen LogP contribution in [0.5, 0.6) is 0 Å². The summed E-state index contributed by atoms with van der Waals surface area (Å²) >= 11 is 2.99. The fourth-order valence-electron chi connectivity index (χ4n) is 1.26. The van der Waals surface area contributed by atoms with E-state index in [4.69, 9.17) is 9.84 Å². The zero-order chi connectivity index (χ0) is 13.0.